The highest BCUT2D eigenvalue weighted by Gasteiger charge is 2.57. The predicted octanol–water partition coefficient (Wildman–Crippen LogP) is 5.46. The second-order valence-electron chi connectivity index (χ2n) is 8.60. The van der Waals surface area contributed by atoms with Crippen molar-refractivity contribution >= 4 is 23.3 Å². The van der Waals surface area contributed by atoms with E-state index in [1.165, 1.54) is 18.2 Å². The molecule has 146 valence electrons. The first kappa shape index (κ1) is 21.4. The Morgan fingerprint density at radius 1 is 1.44 bits per heavy atom. The number of nitrogens with zero attached hydrogens (tertiary/aromatic N) is 2. The van der Waals surface area contributed by atoms with Crippen molar-refractivity contribution in [1.82, 2.24) is 0 Å². The zero-order valence-corrected chi connectivity index (χ0v) is 17.1. The highest BCUT2D eigenvalue weighted by Crippen LogP contribution is 2.54. The number of carboxylic acid groups (broad SMARTS) is 1. The lowest BCUT2D eigenvalue weighted by Crippen LogP contribution is -2.52. The first-order chi connectivity index (χ1) is 12.4. The minimum atomic E-state index is -1.30. The molecule has 1 N–H and O–H groups in total. The van der Waals surface area contributed by atoms with E-state index in [1.54, 1.807) is 13.8 Å². The van der Waals surface area contributed by atoms with Gasteiger partial charge in [0.25, 0.3) is 0 Å². The molecule has 4 nitrogen and oxygen atoms in total. The van der Waals surface area contributed by atoms with Crippen LogP contribution in [0.3, 0.4) is 0 Å². The van der Waals surface area contributed by atoms with Gasteiger partial charge in [-0.05, 0) is 49.8 Å². The van der Waals surface area contributed by atoms with Gasteiger partial charge in [-0.2, -0.15) is 5.26 Å². The number of halogens is 2. The van der Waals surface area contributed by atoms with Gasteiger partial charge in [-0.1, -0.05) is 38.4 Å². The minimum absolute atomic E-state index is 0.0857. The van der Waals surface area contributed by atoms with Crippen LogP contribution in [0.1, 0.15) is 58.9 Å². The molecular weight excluding hydrogens is 367 g/mol. The molecule has 1 aromatic carbocycles. The first-order valence-corrected chi connectivity index (χ1v) is 9.44. The lowest BCUT2D eigenvalue weighted by molar-refractivity contribution is -0.153. The smallest absolute Gasteiger partial charge is 0.312 e. The lowest BCUT2D eigenvalue weighted by atomic mass is 9.57. The van der Waals surface area contributed by atoms with Gasteiger partial charge >= 0.3 is 5.97 Å². The number of benzene rings is 1. The van der Waals surface area contributed by atoms with E-state index in [-0.39, 0.29) is 10.4 Å². The van der Waals surface area contributed by atoms with E-state index >= 15 is 0 Å². The molecule has 1 aliphatic heterocycles. The summed E-state index contributed by atoms with van der Waals surface area (Å²) in [6.07, 6.45) is 0.992. The van der Waals surface area contributed by atoms with Gasteiger partial charge in [0.15, 0.2) is 0 Å². The number of hydrogen-bond donors (Lipinski definition) is 1. The average molecular weight is 393 g/mol. The molecule has 0 radical (unpaired) electrons. The Morgan fingerprint density at radius 2 is 2.07 bits per heavy atom. The number of aliphatic carboxylic acids is 1. The number of nitriles is 1. The normalized spacial score (nSPS) is 28.4. The Balaban J connectivity index is 2.74. The fourth-order valence-electron chi connectivity index (χ4n) is 4.04. The Labute approximate surface area is 165 Å². The van der Waals surface area contributed by atoms with Crippen molar-refractivity contribution in [3.05, 3.63) is 34.6 Å². The van der Waals surface area contributed by atoms with Crippen LogP contribution in [0.2, 0.25) is 5.02 Å². The molecule has 0 bridgehead atoms. The molecule has 1 aliphatic rings. The molecule has 4 unspecified atom stereocenters. The Kier molecular flexibility index (Phi) is 6.01. The summed E-state index contributed by atoms with van der Waals surface area (Å²) >= 11 is 6.32. The van der Waals surface area contributed by atoms with Gasteiger partial charge in [0.1, 0.15) is 5.82 Å². The largest absolute Gasteiger partial charge is 0.481 e. The highest BCUT2D eigenvalue weighted by molar-refractivity contribution is 6.31. The van der Waals surface area contributed by atoms with Gasteiger partial charge in [0.05, 0.1) is 23.4 Å². The molecule has 0 fully saturated rings. The molecular formula is C21H26ClFN2O2. The number of carbonyl (C=O) groups is 1. The van der Waals surface area contributed by atoms with E-state index in [4.69, 9.17) is 11.6 Å². The van der Waals surface area contributed by atoms with Gasteiger partial charge in [0, 0.05) is 16.7 Å². The molecule has 6 heteroatoms. The summed E-state index contributed by atoms with van der Waals surface area (Å²) < 4.78 is 13.6. The van der Waals surface area contributed by atoms with E-state index in [2.05, 4.69) is 11.1 Å². The molecule has 0 spiro atoms. The molecule has 0 aliphatic carbocycles. The molecule has 0 saturated heterocycles. The van der Waals surface area contributed by atoms with Crippen LogP contribution >= 0.6 is 11.6 Å². The molecule has 0 amide bonds. The second kappa shape index (κ2) is 7.59. The van der Waals surface area contributed by atoms with Gasteiger partial charge in [-0.3, -0.25) is 9.79 Å². The Morgan fingerprint density at radius 3 is 2.56 bits per heavy atom. The SMILES string of the molecule is CC1=NC(C)C(CCC(C)(C)C)(C(=O)O)C(c2ccc(F)cc2Cl)C1C#N. The van der Waals surface area contributed by atoms with Gasteiger partial charge in [0.2, 0.25) is 0 Å². The van der Waals surface area contributed by atoms with Crippen LogP contribution in [0.25, 0.3) is 0 Å². The molecule has 1 heterocycles. The minimum Gasteiger partial charge on any atom is -0.481 e. The summed E-state index contributed by atoms with van der Waals surface area (Å²) in [7, 11) is 0. The first-order valence-electron chi connectivity index (χ1n) is 9.06. The third-order valence-corrected chi connectivity index (χ3v) is 5.93. The maximum Gasteiger partial charge on any atom is 0.312 e. The van der Waals surface area contributed by atoms with E-state index in [0.717, 1.165) is 0 Å². The number of rotatable bonds is 4. The van der Waals surface area contributed by atoms with Crippen molar-refractivity contribution in [1.29, 1.82) is 5.26 Å². The summed E-state index contributed by atoms with van der Waals surface area (Å²) in [6, 6.07) is 5.63. The molecule has 1 aromatic rings. The molecule has 27 heavy (non-hydrogen) atoms. The lowest BCUT2D eigenvalue weighted by Gasteiger charge is -2.47. The summed E-state index contributed by atoms with van der Waals surface area (Å²) in [5.74, 6) is -2.94. The number of aliphatic imine (C=N–C) groups is 1. The summed E-state index contributed by atoms with van der Waals surface area (Å²) in [5.41, 5.74) is -0.309. The van der Waals surface area contributed by atoms with Crippen molar-refractivity contribution in [2.45, 2.75) is 59.4 Å². The van der Waals surface area contributed by atoms with E-state index in [1.807, 2.05) is 20.8 Å². The van der Waals surface area contributed by atoms with Crippen LogP contribution in [-0.2, 0) is 4.79 Å². The Bertz CT molecular complexity index is 809. The van der Waals surface area contributed by atoms with E-state index < -0.39 is 35.1 Å². The van der Waals surface area contributed by atoms with Crippen LogP contribution in [-0.4, -0.2) is 22.8 Å². The van der Waals surface area contributed by atoms with E-state index in [0.29, 0.717) is 24.1 Å². The van der Waals surface area contributed by atoms with Crippen LogP contribution in [0, 0.1) is 33.9 Å². The molecule has 2 rings (SSSR count). The third kappa shape index (κ3) is 4.01. The van der Waals surface area contributed by atoms with Crippen molar-refractivity contribution in [3.63, 3.8) is 0 Å². The van der Waals surface area contributed by atoms with Gasteiger partial charge in [-0.15, -0.1) is 0 Å². The van der Waals surface area contributed by atoms with Crippen molar-refractivity contribution in [3.8, 4) is 6.07 Å². The summed E-state index contributed by atoms with van der Waals surface area (Å²) in [4.78, 5) is 17.2. The van der Waals surface area contributed by atoms with Crippen LogP contribution in [0.5, 0.6) is 0 Å². The molecule has 4 atom stereocenters. The monoisotopic (exact) mass is 392 g/mol. The predicted molar refractivity (Wildman–Crippen MR) is 105 cm³/mol. The summed E-state index contributed by atoms with van der Waals surface area (Å²) in [5, 5.41) is 20.3. The van der Waals surface area contributed by atoms with Crippen LogP contribution < -0.4 is 0 Å². The average Bonchev–Trinajstić information content (AvgIpc) is 2.52. The van der Waals surface area contributed by atoms with Crippen molar-refractivity contribution in [2.24, 2.45) is 21.7 Å². The topological polar surface area (TPSA) is 73.4 Å². The maximum absolute atomic E-state index is 13.6. The zero-order chi connectivity index (χ0) is 20.6. The Hall–Kier alpha value is -1.93. The zero-order valence-electron chi connectivity index (χ0n) is 16.4. The third-order valence-electron chi connectivity index (χ3n) is 5.60. The molecule has 0 aromatic heterocycles. The van der Waals surface area contributed by atoms with Crippen LogP contribution in [0.4, 0.5) is 4.39 Å². The summed E-state index contributed by atoms with van der Waals surface area (Å²) in [6.45, 7) is 9.66. The van der Waals surface area contributed by atoms with Crippen molar-refractivity contribution < 1.29 is 14.3 Å². The maximum atomic E-state index is 13.6. The van der Waals surface area contributed by atoms with Crippen LogP contribution in [0.15, 0.2) is 23.2 Å². The standard InChI is InChI=1S/C21H26ClFN2O2/c1-12-16(11-24)18(15-7-6-14(23)10-17(15)22)21(19(26)27,13(2)25-12)9-8-20(3,4)5/h6-7,10,13,16,18H,8-9H2,1-5H3,(H,26,27). The highest BCUT2D eigenvalue weighted by atomic mass is 35.5. The quantitative estimate of drug-likeness (QED) is 0.738. The van der Waals surface area contributed by atoms with Crippen molar-refractivity contribution in [2.75, 3.05) is 0 Å². The second-order valence-corrected chi connectivity index (χ2v) is 9.01. The fraction of sp³-hybridized carbons (Fsp3) is 0.571. The molecule has 0 saturated carbocycles. The fourth-order valence-corrected chi connectivity index (χ4v) is 4.33. The number of hydrogen-bond acceptors (Lipinski definition) is 3. The van der Waals surface area contributed by atoms with E-state index in [9.17, 15) is 19.6 Å². The van der Waals surface area contributed by atoms with Gasteiger partial charge in [-0.25, -0.2) is 4.39 Å². The van der Waals surface area contributed by atoms with Gasteiger partial charge < -0.3 is 5.11 Å². The number of carboxylic acids is 1.